The Bertz CT molecular complexity index is 926. The predicted octanol–water partition coefficient (Wildman–Crippen LogP) is 4.18. The summed E-state index contributed by atoms with van der Waals surface area (Å²) in [4.78, 5) is 8.84. The maximum Gasteiger partial charge on any atom is 0.123 e. The van der Waals surface area contributed by atoms with Crippen molar-refractivity contribution in [2.75, 3.05) is 13.1 Å². The van der Waals surface area contributed by atoms with Gasteiger partial charge in [-0.3, -0.25) is 0 Å². The maximum absolute atomic E-state index is 4.94. The normalized spacial score (nSPS) is 16.2. The van der Waals surface area contributed by atoms with E-state index in [1.807, 2.05) is 16.7 Å². The van der Waals surface area contributed by atoms with Gasteiger partial charge in [-0.15, -0.1) is 16.4 Å². The second-order valence-corrected chi connectivity index (χ2v) is 7.89. The topological polar surface area (TPSA) is 41.9 Å². The van der Waals surface area contributed by atoms with Crippen LogP contribution in [0.5, 0.6) is 0 Å². The third kappa shape index (κ3) is 2.81. The van der Waals surface area contributed by atoms with Crippen LogP contribution in [-0.2, 0) is 12.8 Å². The first-order chi connectivity index (χ1) is 12.4. The maximum atomic E-state index is 4.94. The highest BCUT2D eigenvalue weighted by Crippen LogP contribution is 2.32. The lowest BCUT2D eigenvalue weighted by molar-refractivity contribution is 0.369. The van der Waals surface area contributed by atoms with Gasteiger partial charge in [-0.1, -0.05) is 34.8 Å². The van der Waals surface area contributed by atoms with Crippen LogP contribution >= 0.6 is 22.9 Å². The van der Waals surface area contributed by atoms with Crippen LogP contribution in [0, 0.1) is 0 Å². The highest BCUT2D eigenvalue weighted by molar-refractivity contribution is 7.15. The number of fused-ring (bicyclic) bond motifs is 1. The molecule has 0 atom stereocenters. The van der Waals surface area contributed by atoms with Crippen LogP contribution in [0.4, 0.5) is 0 Å². The Kier molecular flexibility index (Phi) is 3.72. The summed E-state index contributed by atoms with van der Waals surface area (Å²) in [6.07, 6.45) is 8.60. The fourth-order valence-corrected chi connectivity index (χ4v) is 4.78. The summed E-state index contributed by atoms with van der Waals surface area (Å²) in [6, 6.07) is 8.50. The van der Waals surface area contributed by atoms with Gasteiger partial charge in [0.2, 0.25) is 0 Å². The first kappa shape index (κ1) is 15.0. The van der Waals surface area contributed by atoms with E-state index in [2.05, 4.69) is 57.0 Å². The largest absolute Gasteiger partial charge is 0.371 e. The van der Waals surface area contributed by atoms with Gasteiger partial charge < -0.3 is 4.90 Å². The number of nitrogens with zero attached hydrogens (tertiary/aromatic N) is 4. The van der Waals surface area contributed by atoms with Gasteiger partial charge >= 0.3 is 0 Å². The molecule has 6 heteroatoms. The lowest BCUT2D eigenvalue weighted by atomic mass is 10.1. The lowest BCUT2D eigenvalue weighted by Crippen LogP contribution is -2.26. The van der Waals surface area contributed by atoms with Crippen LogP contribution < -0.4 is 0 Å². The third-order valence-corrected chi connectivity index (χ3v) is 6.40. The van der Waals surface area contributed by atoms with Gasteiger partial charge in [-0.2, -0.15) is 0 Å². The van der Waals surface area contributed by atoms with Gasteiger partial charge in [0.05, 0.1) is 5.69 Å². The molecule has 124 valence electrons. The highest BCUT2D eigenvalue weighted by Gasteiger charge is 2.20. The van der Waals surface area contributed by atoms with Crippen molar-refractivity contribution in [3.8, 4) is 21.8 Å². The molecule has 25 heavy (non-hydrogen) atoms. The second-order valence-electron chi connectivity index (χ2n) is 6.19. The Balaban J connectivity index is 1.36. The molecule has 1 aliphatic heterocycles. The summed E-state index contributed by atoms with van der Waals surface area (Å²) in [5.74, 6) is 0. The molecule has 0 spiro atoms. The standard InChI is InChI=1S/C19H16N4S2/c1-2-15(3-1)23-10-8-16-18(9-11-23)25-19(20-16)14-6-4-13(5-7-14)17-12-24-22-21-17/h1-7,12H,8-11H2. The molecule has 0 saturated carbocycles. The molecule has 0 saturated heterocycles. The van der Waals surface area contributed by atoms with Crippen LogP contribution in [0.25, 0.3) is 21.8 Å². The van der Waals surface area contributed by atoms with E-state index in [1.165, 1.54) is 33.4 Å². The summed E-state index contributed by atoms with van der Waals surface area (Å²) >= 11 is 3.22. The van der Waals surface area contributed by atoms with Gasteiger partial charge in [-0.05, 0) is 23.7 Å². The molecule has 3 heterocycles. The summed E-state index contributed by atoms with van der Waals surface area (Å²) in [5, 5.41) is 7.23. The molecule has 0 amide bonds. The second kappa shape index (κ2) is 6.20. The summed E-state index contributed by atoms with van der Waals surface area (Å²) in [5.41, 5.74) is 5.87. The predicted molar refractivity (Wildman–Crippen MR) is 103 cm³/mol. The summed E-state index contributed by atoms with van der Waals surface area (Å²) in [6.45, 7) is 2.14. The molecular weight excluding hydrogens is 348 g/mol. The van der Waals surface area contributed by atoms with E-state index in [1.54, 1.807) is 0 Å². The zero-order valence-corrected chi connectivity index (χ0v) is 15.2. The molecule has 5 rings (SSSR count). The molecule has 0 bridgehead atoms. The Morgan fingerprint density at radius 3 is 2.52 bits per heavy atom. The van der Waals surface area contributed by atoms with Crippen molar-refractivity contribution in [1.82, 2.24) is 19.5 Å². The number of benzene rings is 1. The number of hydrogen-bond donors (Lipinski definition) is 0. The monoisotopic (exact) mass is 364 g/mol. The van der Waals surface area contributed by atoms with Crippen molar-refractivity contribution >= 4 is 22.9 Å². The molecular formula is C19H16N4S2. The first-order valence-corrected chi connectivity index (χ1v) is 10.0. The number of hydrogen-bond acceptors (Lipinski definition) is 6. The molecule has 4 nitrogen and oxygen atoms in total. The molecule has 0 N–H and O–H groups in total. The van der Waals surface area contributed by atoms with E-state index in [9.17, 15) is 0 Å². The average Bonchev–Trinajstić information content (AvgIpc) is 3.23. The van der Waals surface area contributed by atoms with Crippen LogP contribution in [0.1, 0.15) is 10.6 Å². The van der Waals surface area contributed by atoms with E-state index in [0.29, 0.717) is 0 Å². The van der Waals surface area contributed by atoms with E-state index in [4.69, 9.17) is 4.98 Å². The van der Waals surface area contributed by atoms with Gasteiger partial charge in [0, 0.05) is 53.0 Å². The van der Waals surface area contributed by atoms with E-state index in [-0.39, 0.29) is 0 Å². The van der Waals surface area contributed by atoms with Gasteiger partial charge in [0.25, 0.3) is 0 Å². The van der Waals surface area contributed by atoms with Crippen molar-refractivity contribution < 1.29 is 0 Å². The highest BCUT2D eigenvalue weighted by atomic mass is 32.1. The van der Waals surface area contributed by atoms with Crippen molar-refractivity contribution in [3.63, 3.8) is 0 Å². The molecule has 2 aromatic heterocycles. The lowest BCUT2D eigenvalue weighted by Gasteiger charge is -2.26. The minimum atomic E-state index is 0.936. The summed E-state index contributed by atoms with van der Waals surface area (Å²) in [7, 11) is 0. The van der Waals surface area contributed by atoms with Crippen LogP contribution in [0.15, 0.2) is 53.6 Å². The molecule has 0 radical (unpaired) electrons. The number of rotatable bonds is 3. The number of aromatic nitrogens is 3. The summed E-state index contributed by atoms with van der Waals surface area (Å²) < 4.78 is 3.93. The minimum Gasteiger partial charge on any atom is -0.371 e. The Hall–Kier alpha value is -2.31. The fourth-order valence-electron chi connectivity index (χ4n) is 3.21. The third-order valence-electron chi connectivity index (χ3n) is 4.69. The van der Waals surface area contributed by atoms with Crippen molar-refractivity contribution in [2.24, 2.45) is 0 Å². The van der Waals surface area contributed by atoms with E-state index < -0.39 is 0 Å². The van der Waals surface area contributed by atoms with Gasteiger partial charge in [0.15, 0.2) is 0 Å². The first-order valence-electron chi connectivity index (χ1n) is 8.36. The average molecular weight is 364 g/mol. The smallest absolute Gasteiger partial charge is 0.123 e. The van der Waals surface area contributed by atoms with Crippen molar-refractivity contribution in [3.05, 3.63) is 64.1 Å². The molecule has 0 fully saturated rings. The number of thiazole rings is 1. The number of allylic oxidation sites excluding steroid dienone is 3. The molecule has 2 aliphatic rings. The van der Waals surface area contributed by atoms with Crippen LogP contribution in [-0.4, -0.2) is 32.6 Å². The van der Waals surface area contributed by atoms with E-state index in [0.717, 1.165) is 42.2 Å². The molecule has 1 aromatic carbocycles. The zero-order chi connectivity index (χ0) is 16.6. The van der Waals surface area contributed by atoms with Gasteiger partial charge in [0.1, 0.15) is 10.7 Å². The SMILES string of the molecule is C1=CC(N2CCc3nc(-c4ccc(-c5csnn5)cc4)sc3CC2)=C1. The quantitative estimate of drug-likeness (QED) is 0.699. The fraction of sp³-hybridized carbons (Fsp3) is 0.211. The Morgan fingerprint density at radius 2 is 1.80 bits per heavy atom. The van der Waals surface area contributed by atoms with Gasteiger partial charge in [-0.25, -0.2) is 4.98 Å². The zero-order valence-electron chi connectivity index (χ0n) is 13.6. The van der Waals surface area contributed by atoms with Crippen molar-refractivity contribution in [2.45, 2.75) is 12.8 Å². The molecule has 3 aromatic rings. The van der Waals surface area contributed by atoms with Crippen molar-refractivity contribution in [1.29, 1.82) is 0 Å². The Labute approximate surface area is 154 Å². The van der Waals surface area contributed by atoms with Crippen LogP contribution in [0.3, 0.4) is 0 Å². The van der Waals surface area contributed by atoms with E-state index >= 15 is 0 Å². The molecule has 1 aliphatic carbocycles. The Morgan fingerprint density at radius 1 is 1.00 bits per heavy atom. The molecule has 0 unspecified atom stereocenters. The van der Waals surface area contributed by atoms with Crippen LogP contribution in [0.2, 0.25) is 0 Å². The minimum absolute atomic E-state index is 0.936.